The molecule has 228 valence electrons. The van der Waals surface area contributed by atoms with Gasteiger partial charge in [0.25, 0.3) is 0 Å². The van der Waals surface area contributed by atoms with E-state index < -0.39 is 11.9 Å². The van der Waals surface area contributed by atoms with Crippen LogP contribution >= 0.6 is 0 Å². The molecule has 0 saturated carbocycles. The molecule has 6 rings (SSSR count). The highest BCUT2D eigenvalue weighted by Gasteiger charge is 2.16. The van der Waals surface area contributed by atoms with Gasteiger partial charge in [-0.15, -0.1) is 0 Å². The first kappa shape index (κ1) is 32.0. The Morgan fingerprint density at radius 3 is 1.49 bits per heavy atom. The number of amides is 1. The van der Waals surface area contributed by atoms with E-state index in [0.29, 0.717) is 11.6 Å². The zero-order valence-electron chi connectivity index (χ0n) is 25.1. The molecule has 45 heavy (non-hydrogen) atoms. The number of carbonyl (C=O) groups excluding carboxylic acids is 1. The molecule has 0 spiro atoms. The summed E-state index contributed by atoms with van der Waals surface area (Å²) < 4.78 is 3.48. The van der Waals surface area contributed by atoms with Crippen molar-refractivity contribution in [2.45, 2.75) is 25.7 Å². The number of para-hydroxylation sites is 2. The van der Waals surface area contributed by atoms with E-state index in [4.69, 9.17) is 10.8 Å². The van der Waals surface area contributed by atoms with Gasteiger partial charge in [-0.1, -0.05) is 97.1 Å². The predicted molar refractivity (Wildman–Crippen MR) is 178 cm³/mol. The smallest absolute Gasteiger partial charge is 0.310 e. The summed E-state index contributed by atoms with van der Waals surface area (Å²) in [4.78, 5) is 22.8. The Bertz CT molecular complexity index is 1750. The highest BCUT2D eigenvalue weighted by Crippen LogP contribution is 2.18. The van der Waals surface area contributed by atoms with Gasteiger partial charge in [0.1, 0.15) is 5.82 Å². The number of carbonyl (C=O) groups is 2. The fraction of sp³-hybridized carbons (Fsp3) is 0.111. The molecule has 0 saturated heterocycles. The van der Waals surface area contributed by atoms with Crippen LogP contribution in [0, 0.1) is 0 Å². The van der Waals surface area contributed by atoms with Crippen molar-refractivity contribution in [3.63, 3.8) is 0 Å². The number of nitrogens with one attached hydrogen (secondary N) is 1. The van der Waals surface area contributed by atoms with Crippen LogP contribution in [0.3, 0.4) is 0 Å². The average molecular weight is 601 g/mol. The maximum absolute atomic E-state index is 12.3. The molecule has 2 heterocycles. The van der Waals surface area contributed by atoms with Crippen molar-refractivity contribution in [3.8, 4) is 11.4 Å². The number of hydrogen-bond acceptors (Lipinski definition) is 5. The Morgan fingerprint density at radius 2 is 1.04 bits per heavy atom. The molecule has 6 aromatic rings. The topological polar surface area (TPSA) is 128 Å². The Labute approximate surface area is 262 Å². The van der Waals surface area contributed by atoms with Crippen LogP contribution in [0.2, 0.25) is 0 Å². The minimum atomic E-state index is -0.781. The van der Waals surface area contributed by atoms with E-state index in [9.17, 15) is 9.59 Å². The molecular weight excluding hydrogens is 564 g/mol. The number of carboxylic acids is 1. The maximum atomic E-state index is 12.3. The summed E-state index contributed by atoms with van der Waals surface area (Å²) in [7, 11) is 0. The monoisotopic (exact) mass is 600 g/mol. The van der Waals surface area contributed by atoms with Crippen molar-refractivity contribution in [1.82, 2.24) is 19.6 Å². The van der Waals surface area contributed by atoms with Gasteiger partial charge in [0.15, 0.2) is 5.82 Å². The molecule has 0 fully saturated rings. The van der Waals surface area contributed by atoms with Gasteiger partial charge in [0.2, 0.25) is 5.91 Å². The maximum Gasteiger partial charge on any atom is 0.310 e. The SMILES string of the molecule is C[C@H](C(=O)Nc1ccn(-c2ccccc2)n1)c1ccccc1.C[C@H](C(=O)O)c1ccccc1.Nc1ccn(-c2ccccc2)n1. The second kappa shape index (κ2) is 16.0. The zero-order valence-corrected chi connectivity index (χ0v) is 25.1. The van der Waals surface area contributed by atoms with Gasteiger partial charge in [-0.2, -0.15) is 10.2 Å². The molecule has 2 atom stereocenters. The summed E-state index contributed by atoms with van der Waals surface area (Å²) in [6, 6.07) is 42.1. The van der Waals surface area contributed by atoms with E-state index in [2.05, 4.69) is 15.5 Å². The molecule has 0 radical (unpaired) electrons. The lowest BCUT2D eigenvalue weighted by molar-refractivity contribution is -0.138. The molecular formula is C36H36N6O3. The molecule has 0 aliphatic rings. The number of benzene rings is 4. The standard InChI is InChI=1S/C18H17N3O.C9H9N3.C9H10O2/c1-14(15-8-4-2-5-9-15)18(22)19-17-12-13-21(20-17)16-10-6-3-7-11-16;10-9-6-7-12(11-9)8-4-2-1-3-5-8;1-7(9(10)11)8-5-3-2-4-6-8/h2-14H,1H3,(H,19,20,22);1-7H,(H2,10,11);2-7H,1H3,(H,10,11)/t14-;;7-/m0.0/s1. The lowest BCUT2D eigenvalue weighted by Gasteiger charge is -2.10. The number of nitrogens with two attached hydrogens (primary N) is 1. The fourth-order valence-electron chi connectivity index (χ4n) is 4.19. The second-order valence-corrected chi connectivity index (χ2v) is 10.1. The van der Waals surface area contributed by atoms with Gasteiger partial charge in [-0.3, -0.25) is 9.59 Å². The summed E-state index contributed by atoms with van der Waals surface area (Å²) in [6.45, 7) is 3.57. The third kappa shape index (κ3) is 9.52. The molecule has 1 amide bonds. The molecule has 4 aromatic carbocycles. The first-order valence-electron chi connectivity index (χ1n) is 14.4. The van der Waals surface area contributed by atoms with E-state index >= 15 is 0 Å². The summed E-state index contributed by atoms with van der Waals surface area (Å²) in [6.07, 6.45) is 3.67. The van der Waals surface area contributed by atoms with Gasteiger partial charge in [0, 0.05) is 24.5 Å². The van der Waals surface area contributed by atoms with Gasteiger partial charge in [0.05, 0.1) is 23.2 Å². The molecule has 0 bridgehead atoms. The molecule has 2 aromatic heterocycles. The van der Waals surface area contributed by atoms with Crippen molar-refractivity contribution < 1.29 is 14.7 Å². The van der Waals surface area contributed by atoms with Crippen LogP contribution in [0.1, 0.15) is 36.8 Å². The summed E-state index contributed by atoms with van der Waals surface area (Å²) in [5, 5.41) is 20.0. The van der Waals surface area contributed by atoms with Gasteiger partial charge < -0.3 is 16.2 Å². The summed E-state index contributed by atoms with van der Waals surface area (Å²) in [5.41, 5.74) is 9.30. The summed E-state index contributed by atoms with van der Waals surface area (Å²) >= 11 is 0. The third-order valence-corrected chi connectivity index (χ3v) is 6.85. The minimum absolute atomic E-state index is 0.0653. The van der Waals surface area contributed by atoms with Crippen molar-refractivity contribution in [2.24, 2.45) is 0 Å². The molecule has 4 N–H and O–H groups in total. The number of anilines is 2. The van der Waals surface area contributed by atoms with Gasteiger partial charge in [-0.05, 0) is 49.2 Å². The predicted octanol–water partition coefficient (Wildman–Crippen LogP) is 6.94. The van der Waals surface area contributed by atoms with Crippen LogP contribution in [0.5, 0.6) is 0 Å². The molecule has 9 nitrogen and oxygen atoms in total. The second-order valence-electron chi connectivity index (χ2n) is 10.1. The highest BCUT2D eigenvalue weighted by molar-refractivity contribution is 5.94. The first-order chi connectivity index (χ1) is 21.8. The fourth-order valence-corrected chi connectivity index (χ4v) is 4.19. The normalized spacial score (nSPS) is 11.5. The van der Waals surface area contributed by atoms with Crippen LogP contribution in [-0.2, 0) is 9.59 Å². The van der Waals surface area contributed by atoms with E-state index in [1.165, 1.54) is 0 Å². The average Bonchev–Trinajstić information content (AvgIpc) is 3.75. The Kier molecular flexibility index (Phi) is 11.4. The van der Waals surface area contributed by atoms with E-state index in [1.807, 2.05) is 141 Å². The Morgan fingerprint density at radius 1 is 0.622 bits per heavy atom. The number of aliphatic carboxylic acids is 1. The van der Waals surface area contributed by atoms with Crippen LogP contribution in [-0.4, -0.2) is 36.5 Å². The van der Waals surface area contributed by atoms with Crippen LogP contribution in [0.4, 0.5) is 11.6 Å². The molecule has 0 aliphatic carbocycles. The summed E-state index contributed by atoms with van der Waals surface area (Å²) in [5.74, 6) is -0.379. The van der Waals surface area contributed by atoms with Crippen molar-refractivity contribution in [1.29, 1.82) is 0 Å². The van der Waals surface area contributed by atoms with Gasteiger partial charge >= 0.3 is 5.97 Å². The largest absolute Gasteiger partial charge is 0.481 e. The van der Waals surface area contributed by atoms with Crippen molar-refractivity contribution >= 4 is 23.5 Å². The zero-order chi connectivity index (χ0) is 32.0. The van der Waals surface area contributed by atoms with Crippen molar-refractivity contribution in [2.75, 3.05) is 11.1 Å². The molecule has 0 aliphatic heterocycles. The molecule has 9 heteroatoms. The molecule has 0 unspecified atom stereocenters. The van der Waals surface area contributed by atoms with E-state index in [-0.39, 0.29) is 11.8 Å². The van der Waals surface area contributed by atoms with E-state index in [1.54, 1.807) is 28.4 Å². The lowest BCUT2D eigenvalue weighted by atomic mass is 10.0. The third-order valence-electron chi connectivity index (χ3n) is 6.85. The number of rotatable bonds is 7. The van der Waals surface area contributed by atoms with Crippen LogP contribution < -0.4 is 11.1 Å². The lowest BCUT2D eigenvalue weighted by Crippen LogP contribution is -2.19. The van der Waals surface area contributed by atoms with E-state index in [0.717, 1.165) is 22.5 Å². The quantitative estimate of drug-likeness (QED) is 0.182. The Balaban J connectivity index is 0.000000169. The van der Waals surface area contributed by atoms with Gasteiger partial charge in [-0.25, -0.2) is 9.36 Å². The van der Waals surface area contributed by atoms with Crippen molar-refractivity contribution in [3.05, 3.63) is 157 Å². The number of hydrogen-bond donors (Lipinski definition) is 3. The highest BCUT2D eigenvalue weighted by atomic mass is 16.4. The number of aromatic nitrogens is 4. The number of carboxylic acid groups (broad SMARTS) is 1. The minimum Gasteiger partial charge on any atom is -0.481 e. The van der Waals surface area contributed by atoms with Crippen LogP contribution in [0.25, 0.3) is 11.4 Å². The number of nitrogens with zero attached hydrogens (tertiary/aromatic N) is 4. The van der Waals surface area contributed by atoms with Crippen LogP contribution in [0.15, 0.2) is 146 Å². The first-order valence-corrected chi connectivity index (χ1v) is 14.4. The number of nitrogen functional groups attached to an aromatic ring is 1. The Hall–Kier alpha value is -5.96.